The molecule has 0 radical (unpaired) electrons. The summed E-state index contributed by atoms with van der Waals surface area (Å²) in [6, 6.07) is 44.2. The molecule has 2 aliphatic carbocycles. The number of aryl methyl sites for hydroxylation is 2. The lowest BCUT2D eigenvalue weighted by Crippen LogP contribution is -1.98. The molecule has 0 aliphatic heterocycles. The first kappa shape index (κ1) is 46.6. The summed E-state index contributed by atoms with van der Waals surface area (Å²) in [5.41, 5.74) is 22.2. The number of hydrogen-bond donors (Lipinski definition) is 0. The molecule has 2 aromatic heterocycles. The van der Waals surface area contributed by atoms with Crippen molar-refractivity contribution in [1.29, 1.82) is 0 Å². The molecule has 9 rings (SSSR count). The fraction of sp³-hybridized carbons (Fsp3) is 0.333. The van der Waals surface area contributed by atoms with Gasteiger partial charge < -0.3 is 0 Å². The van der Waals surface area contributed by atoms with Crippen LogP contribution in [0.1, 0.15) is 159 Å². The average molecular weight is 889 g/mol. The smallest absolute Gasteiger partial charge is 0.0737 e. The van der Waals surface area contributed by atoms with Crippen molar-refractivity contribution < 1.29 is 0 Å². The van der Waals surface area contributed by atoms with Crippen LogP contribution in [-0.4, -0.2) is 9.97 Å². The lowest BCUT2D eigenvalue weighted by molar-refractivity contribution is 0.607. The Labute approximate surface area is 408 Å². The van der Waals surface area contributed by atoms with Gasteiger partial charge in [0.15, 0.2) is 0 Å². The van der Waals surface area contributed by atoms with Gasteiger partial charge in [0.2, 0.25) is 0 Å². The van der Waals surface area contributed by atoms with Gasteiger partial charge in [-0.1, -0.05) is 168 Å². The predicted octanol–water partition coefficient (Wildman–Crippen LogP) is 16.7. The van der Waals surface area contributed by atoms with Crippen LogP contribution in [0.2, 0.25) is 0 Å². The van der Waals surface area contributed by atoms with Gasteiger partial charge in [-0.15, -0.1) is 0 Å². The Morgan fingerprint density at radius 3 is 1.12 bits per heavy atom. The van der Waals surface area contributed by atoms with E-state index in [1.807, 2.05) is 0 Å². The van der Waals surface area contributed by atoms with Crippen molar-refractivity contribution in [1.82, 2.24) is 9.97 Å². The van der Waals surface area contributed by atoms with E-state index in [9.17, 15) is 0 Å². The van der Waals surface area contributed by atoms with E-state index in [1.165, 1.54) is 144 Å². The highest BCUT2D eigenvalue weighted by Gasteiger charge is 2.24. The van der Waals surface area contributed by atoms with Crippen molar-refractivity contribution in [3.05, 3.63) is 189 Å². The average Bonchev–Trinajstić information content (AvgIpc) is 4.10. The lowest BCUT2D eigenvalue weighted by Gasteiger charge is -2.15. The van der Waals surface area contributed by atoms with E-state index in [4.69, 9.17) is 9.97 Å². The van der Waals surface area contributed by atoms with Gasteiger partial charge in [0.1, 0.15) is 0 Å². The van der Waals surface area contributed by atoms with Gasteiger partial charge in [0.25, 0.3) is 0 Å². The first-order valence-corrected chi connectivity index (χ1v) is 26.2. The molecule has 2 heterocycles. The monoisotopic (exact) mass is 889 g/mol. The summed E-state index contributed by atoms with van der Waals surface area (Å²) in [5, 5.41) is 0. The second kappa shape index (κ2) is 23.5. The van der Waals surface area contributed by atoms with Crippen LogP contribution in [-0.2, 0) is 38.5 Å². The molecule has 0 amide bonds. The number of aromatic nitrogens is 2. The van der Waals surface area contributed by atoms with Gasteiger partial charge >= 0.3 is 0 Å². The van der Waals surface area contributed by atoms with Crippen LogP contribution in [0, 0.1) is 23.7 Å². The maximum Gasteiger partial charge on any atom is 0.0737 e. The number of rotatable bonds is 18. The SMILES string of the molecule is CCCCCCCCc1ccc(C#Cc2ccc(-c3cnc(-c4cccc(-c5ncc(-c6ccc(C#Cc7ccc(CCCCCCCC)cc7)cc6)c6c5CCC6)c4)c4c3CCC4)cc2)cc1. The van der Waals surface area contributed by atoms with Gasteiger partial charge in [-0.25, -0.2) is 0 Å². The van der Waals surface area contributed by atoms with Crippen molar-refractivity contribution in [2.45, 2.75) is 142 Å². The van der Waals surface area contributed by atoms with Crippen molar-refractivity contribution in [3.63, 3.8) is 0 Å². The standard InChI is InChI=1S/C66H68N2/c1-3-5-7-9-11-13-18-49-26-30-51(31-27-49)34-36-53-38-42-55(43-39-53)63-47-67-65(61-24-16-22-59(61)63)57-20-15-21-58(46-57)66-62-25-17-23-60(62)64(48-68-66)56-44-40-54(41-45-56)37-35-52-32-28-50(29-33-52)19-14-12-10-8-6-4-2/h15,20-21,26-33,38-48H,3-14,16-19,22-25H2,1-2H3. The van der Waals surface area contributed by atoms with Crippen LogP contribution in [0.15, 0.2) is 134 Å². The van der Waals surface area contributed by atoms with Crippen molar-refractivity contribution in [3.8, 4) is 68.5 Å². The maximum atomic E-state index is 5.20. The molecule has 0 fully saturated rings. The summed E-state index contributed by atoms with van der Waals surface area (Å²) in [7, 11) is 0. The maximum absolute atomic E-state index is 5.20. The first-order chi connectivity index (χ1) is 33.6. The third kappa shape index (κ3) is 11.8. The van der Waals surface area contributed by atoms with Crippen molar-refractivity contribution >= 4 is 0 Å². The zero-order valence-electron chi connectivity index (χ0n) is 40.7. The molecule has 0 saturated carbocycles. The number of unbranched alkanes of at least 4 members (excludes halogenated alkanes) is 10. The molecule has 2 nitrogen and oxygen atoms in total. The predicted molar refractivity (Wildman–Crippen MR) is 287 cm³/mol. The van der Waals surface area contributed by atoms with Gasteiger partial charge in [0, 0.05) is 56.9 Å². The fourth-order valence-corrected chi connectivity index (χ4v) is 10.5. The van der Waals surface area contributed by atoms with E-state index in [1.54, 1.807) is 0 Å². The number of benzene rings is 5. The Kier molecular flexibility index (Phi) is 16.1. The molecule has 0 unspecified atom stereocenters. The molecule has 2 aliphatic rings. The zero-order chi connectivity index (χ0) is 46.3. The Hall–Kier alpha value is -6.48. The summed E-state index contributed by atoms with van der Waals surface area (Å²) in [4.78, 5) is 10.4. The molecule has 0 N–H and O–H groups in total. The largest absolute Gasteiger partial charge is 0.255 e. The summed E-state index contributed by atoms with van der Waals surface area (Å²) in [6.07, 6.45) is 29.1. The third-order valence-corrected chi connectivity index (χ3v) is 14.4. The van der Waals surface area contributed by atoms with Crippen LogP contribution in [0.25, 0.3) is 44.8 Å². The molecule has 0 spiro atoms. The molecule has 2 heteroatoms. The fourth-order valence-electron chi connectivity index (χ4n) is 10.5. The third-order valence-electron chi connectivity index (χ3n) is 14.4. The number of hydrogen-bond acceptors (Lipinski definition) is 2. The Morgan fingerprint density at radius 2 is 0.721 bits per heavy atom. The first-order valence-electron chi connectivity index (χ1n) is 26.2. The van der Waals surface area contributed by atoms with E-state index >= 15 is 0 Å². The molecule has 68 heavy (non-hydrogen) atoms. The lowest BCUT2D eigenvalue weighted by atomic mass is 9.92. The van der Waals surface area contributed by atoms with Crippen LogP contribution < -0.4 is 0 Å². The molecular weight excluding hydrogens is 821 g/mol. The molecule has 342 valence electrons. The van der Waals surface area contributed by atoms with Crippen molar-refractivity contribution in [2.24, 2.45) is 0 Å². The van der Waals surface area contributed by atoms with Crippen LogP contribution in [0.4, 0.5) is 0 Å². The topological polar surface area (TPSA) is 25.8 Å². The quantitative estimate of drug-likeness (QED) is 0.0634. The molecule has 0 bridgehead atoms. The highest BCUT2D eigenvalue weighted by molar-refractivity contribution is 5.80. The molecule has 7 aromatic rings. The Balaban J connectivity index is 0.852. The van der Waals surface area contributed by atoms with Crippen molar-refractivity contribution in [2.75, 3.05) is 0 Å². The minimum absolute atomic E-state index is 1.03. The van der Waals surface area contributed by atoms with E-state index in [0.29, 0.717) is 0 Å². The summed E-state index contributed by atoms with van der Waals surface area (Å²) >= 11 is 0. The minimum atomic E-state index is 1.03. The zero-order valence-corrected chi connectivity index (χ0v) is 40.7. The number of nitrogens with zero attached hydrogens (tertiary/aromatic N) is 2. The number of pyridine rings is 2. The highest BCUT2D eigenvalue weighted by Crippen LogP contribution is 2.41. The van der Waals surface area contributed by atoms with Crippen LogP contribution in [0.5, 0.6) is 0 Å². The second-order valence-electron chi connectivity index (χ2n) is 19.3. The van der Waals surface area contributed by atoms with Gasteiger partial charge in [-0.2, -0.15) is 0 Å². The van der Waals surface area contributed by atoms with Crippen LogP contribution in [0.3, 0.4) is 0 Å². The molecule has 0 atom stereocenters. The molecule has 5 aromatic carbocycles. The Bertz CT molecular complexity index is 2700. The van der Waals surface area contributed by atoms with E-state index in [-0.39, 0.29) is 0 Å². The van der Waals surface area contributed by atoms with Gasteiger partial charge in [-0.3, -0.25) is 9.97 Å². The number of fused-ring (bicyclic) bond motifs is 2. The Morgan fingerprint density at radius 1 is 0.368 bits per heavy atom. The minimum Gasteiger partial charge on any atom is -0.255 e. The van der Waals surface area contributed by atoms with E-state index in [2.05, 4.69) is 171 Å². The summed E-state index contributed by atoms with van der Waals surface area (Å²) in [5.74, 6) is 13.6. The second-order valence-corrected chi connectivity index (χ2v) is 19.3. The molecular formula is C66H68N2. The summed E-state index contributed by atoms with van der Waals surface area (Å²) < 4.78 is 0. The van der Waals surface area contributed by atoms with E-state index < -0.39 is 0 Å². The van der Waals surface area contributed by atoms with E-state index in [0.717, 1.165) is 85.0 Å². The van der Waals surface area contributed by atoms with Crippen LogP contribution >= 0.6 is 0 Å². The molecule has 0 saturated heterocycles. The summed E-state index contributed by atoms with van der Waals surface area (Å²) in [6.45, 7) is 4.55. The highest BCUT2D eigenvalue weighted by atomic mass is 14.7. The normalized spacial score (nSPS) is 12.5. The van der Waals surface area contributed by atoms with Gasteiger partial charge in [-0.05, 0) is 163 Å². The van der Waals surface area contributed by atoms with Gasteiger partial charge in [0.05, 0.1) is 11.4 Å².